The van der Waals surface area contributed by atoms with Crippen LogP contribution in [0.1, 0.15) is 86.0 Å². The Morgan fingerprint density at radius 1 is 0.966 bits per heavy atom. The van der Waals surface area contributed by atoms with Gasteiger partial charge in [-0.1, -0.05) is 27.2 Å². The zero-order chi connectivity index (χ0) is 21.4. The molecule has 3 rings (SSSR count). The number of hydrogen-bond acceptors (Lipinski definition) is 5. The van der Waals surface area contributed by atoms with Gasteiger partial charge in [0, 0.05) is 31.3 Å². The fourth-order valence-electron chi connectivity index (χ4n) is 7.61. The number of aliphatic hydroxyl groups is 1. The van der Waals surface area contributed by atoms with Gasteiger partial charge in [0.05, 0.1) is 6.61 Å². The number of rotatable bonds is 5. The Morgan fingerprint density at radius 2 is 1.69 bits per heavy atom. The first kappa shape index (κ1) is 22.6. The Hall–Kier alpha value is -1.10. The third-order valence-electron chi connectivity index (χ3n) is 8.94. The predicted molar refractivity (Wildman–Crippen MR) is 111 cm³/mol. The normalized spacial score (nSPS) is 44.3. The topological polar surface area (TPSA) is 72.8 Å². The summed E-state index contributed by atoms with van der Waals surface area (Å²) in [7, 11) is 0. The summed E-state index contributed by atoms with van der Waals surface area (Å²) in [4.78, 5) is 23.4. The molecule has 7 atom stereocenters. The van der Waals surface area contributed by atoms with Crippen molar-refractivity contribution < 1.29 is 24.2 Å². The molecule has 0 aliphatic heterocycles. The van der Waals surface area contributed by atoms with Crippen LogP contribution in [-0.4, -0.2) is 36.4 Å². The first-order valence-corrected chi connectivity index (χ1v) is 11.5. The highest BCUT2D eigenvalue weighted by molar-refractivity contribution is 5.66. The molecule has 0 heterocycles. The van der Waals surface area contributed by atoms with E-state index in [4.69, 9.17) is 9.47 Å². The molecule has 0 aromatic heterocycles. The highest BCUT2D eigenvalue weighted by atomic mass is 16.5. The Labute approximate surface area is 175 Å². The van der Waals surface area contributed by atoms with Crippen LogP contribution in [0.4, 0.5) is 0 Å². The smallest absolute Gasteiger partial charge is 0.302 e. The van der Waals surface area contributed by atoms with Crippen LogP contribution in [-0.2, 0) is 19.1 Å². The van der Waals surface area contributed by atoms with Gasteiger partial charge in [0.2, 0.25) is 0 Å². The summed E-state index contributed by atoms with van der Waals surface area (Å²) in [6, 6.07) is 0. The quantitative estimate of drug-likeness (QED) is 0.678. The second-order valence-corrected chi connectivity index (χ2v) is 10.9. The van der Waals surface area contributed by atoms with Crippen molar-refractivity contribution in [3.05, 3.63) is 0 Å². The molecule has 0 spiro atoms. The number of aliphatic hydroxyl groups excluding tert-OH is 1. The maximum atomic E-state index is 12.0. The third-order valence-corrected chi connectivity index (χ3v) is 8.94. The van der Waals surface area contributed by atoms with Gasteiger partial charge in [-0.2, -0.15) is 0 Å². The molecule has 29 heavy (non-hydrogen) atoms. The minimum atomic E-state index is -0.213. The fourth-order valence-corrected chi connectivity index (χ4v) is 7.61. The highest BCUT2D eigenvalue weighted by Gasteiger charge is 2.61. The van der Waals surface area contributed by atoms with Crippen molar-refractivity contribution in [2.24, 2.45) is 34.0 Å². The molecule has 0 saturated heterocycles. The van der Waals surface area contributed by atoms with Crippen LogP contribution < -0.4 is 0 Å². The third kappa shape index (κ3) is 4.08. The van der Waals surface area contributed by atoms with Gasteiger partial charge in [-0.05, 0) is 68.1 Å². The van der Waals surface area contributed by atoms with Crippen molar-refractivity contribution in [1.29, 1.82) is 0 Å². The van der Waals surface area contributed by atoms with Crippen molar-refractivity contribution in [1.82, 2.24) is 0 Å². The maximum absolute atomic E-state index is 12.0. The Morgan fingerprint density at radius 3 is 2.31 bits per heavy atom. The first-order valence-electron chi connectivity index (χ1n) is 11.5. The minimum Gasteiger partial charge on any atom is -0.465 e. The Balaban J connectivity index is 1.89. The average Bonchev–Trinajstić information content (AvgIpc) is 2.62. The lowest BCUT2D eigenvalue weighted by molar-refractivity contribution is -0.201. The number of hydrogen-bond donors (Lipinski definition) is 1. The first-order chi connectivity index (χ1) is 13.6. The van der Waals surface area contributed by atoms with E-state index in [0.29, 0.717) is 30.8 Å². The summed E-state index contributed by atoms with van der Waals surface area (Å²) in [5, 5.41) is 9.66. The zero-order valence-corrected chi connectivity index (χ0v) is 19.0. The van der Waals surface area contributed by atoms with E-state index < -0.39 is 0 Å². The Kier molecular flexibility index (Phi) is 6.39. The van der Waals surface area contributed by atoms with Crippen molar-refractivity contribution in [3.63, 3.8) is 0 Å². The fraction of sp³-hybridized carbons (Fsp3) is 0.917. The monoisotopic (exact) mass is 408 g/mol. The molecule has 0 bridgehead atoms. The summed E-state index contributed by atoms with van der Waals surface area (Å²) in [6.45, 7) is 10.6. The predicted octanol–water partition coefficient (Wildman–Crippen LogP) is 4.50. The minimum absolute atomic E-state index is 0.0203. The molecule has 5 heteroatoms. The molecule has 3 aliphatic rings. The number of carbonyl (C=O) groups is 2. The summed E-state index contributed by atoms with van der Waals surface area (Å²) in [6.07, 6.45) is 8.24. The summed E-state index contributed by atoms with van der Waals surface area (Å²) in [5.74, 6) is 0.968. The van der Waals surface area contributed by atoms with E-state index >= 15 is 0 Å². The van der Waals surface area contributed by atoms with Crippen LogP contribution in [0, 0.1) is 34.0 Å². The SMILES string of the molecule is CC(=O)OC[C@]1(C)CCC[C@]2(C)[C@H]3CC[C@](C)(CCO)[C@@H](OC(C)=O)[C@@H]3CC[C@@H]12. The van der Waals surface area contributed by atoms with Crippen molar-refractivity contribution in [3.8, 4) is 0 Å². The van der Waals surface area contributed by atoms with Crippen LogP contribution in [0.15, 0.2) is 0 Å². The van der Waals surface area contributed by atoms with Gasteiger partial charge in [-0.25, -0.2) is 0 Å². The number of fused-ring (bicyclic) bond motifs is 3. The number of carbonyl (C=O) groups excluding carboxylic acids is 2. The summed E-state index contributed by atoms with van der Waals surface area (Å²) < 4.78 is 11.5. The molecule has 3 aliphatic carbocycles. The molecule has 0 unspecified atom stereocenters. The van der Waals surface area contributed by atoms with E-state index in [0.717, 1.165) is 38.5 Å². The summed E-state index contributed by atoms with van der Waals surface area (Å²) >= 11 is 0. The molecular formula is C24H40O5. The average molecular weight is 409 g/mol. The van der Waals surface area contributed by atoms with Gasteiger partial charge in [0.15, 0.2) is 0 Å². The largest absolute Gasteiger partial charge is 0.465 e. The number of ether oxygens (including phenoxy) is 2. The van der Waals surface area contributed by atoms with E-state index in [1.807, 2.05) is 0 Å². The lowest BCUT2D eigenvalue weighted by Gasteiger charge is -2.63. The molecule has 0 amide bonds. The molecular weight excluding hydrogens is 368 g/mol. The molecule has 3 saturated carbocycles. The van der Waals surface area contributed by atoms with Gasteiger partial charge >= 0.3 is 11.9 Å². The lowest BCUT2D eigenvalue weighted by Crippen LogP contribution is -2.60. The van der Waals surface area contributed by atoms with Crippen LogP contribution in [0.2, 0.25) is 0 Å². The zero-order valence-electron chi connectivity index (χ0n) is 19.0. The van der Waals surface area contributed by atoms with E-state index in [9.17, 15) is 14.7 Å². The second-order valence-electron chi connectivity index (χ2n) is 10.9. The molecule has 166 valence electrons. The number of esters is 2. The van der Waals surface area contributed by atoms with Crippen molar-refractivity contribution in [2.45, 2.75) is 92.1 Å². The maximum Gasteiger partial charge on any atom is 0.302 e. The standard InChI is InChI=1S/C24H40O5/c1-16(26)28-15-23(4)10-6-11-24(5)19-9-12-22(3,13-14-25)21(29-17(2)27)18(19)7-8-20(23)24/h18-21,25H,6-15H2,1-5H3/t18-,19+,20+,21+,22-,23+,24-/m1/s1. The Bertz CT molecular complexity index is 633. The van der Waals surface area contributed by atoms with Crippen molar-refractivity contribution >= 4 is 11.9 Å². The highest BCUT2D eigenvalue weighted by Crippen LogP contribution is 2.66. The molecule has 0 radical (unpaired) electrons. The van der Waals surface area contributed by atoms with Gasteiger partial charge in [0.1, 0.15) is 6.10 Å². The van der Waals surface area contributed by atoms with Crippen LogP contribution >= 0.6 is 0 Å². The van der Waals surface area contributed by atoms with Gasteiger partial charge in [-0.3, -0.25) is 9.59 Å². The lowest BCUT2D eigenvalue weighted by atomic mass is 9.42. The molecule has 3 fully saturated rings. The molecule has 0 aromatic carbocycles. The van der Waals surface area contributed by atoms with Crippen LogP contribution in [0.5, 0.6) is 0 Å². The second kappa shape index (κ2) is 8.20. The van der Waals surface area contributed by atoms with Gasteiger partial charge < -0.3 is 14.6 Å². The van der Waals surface area contributed by atoms with Crippen molar-refractivity contribution in [2.75, 3.05) is 13.2 Å². The van der Waals surface area contributed by atoms with E-state index in [1.54, 1.807) is 0 Å². The van der Waals surface area contributed by atoms with E-state index in [2.05, 4.69) is 20.8 Å². The molecule has 5 nitrogen and oxygen atoms in total. The van der Waals surface area contributed by atoms with Crippen LogP contribution in [0.25, 0.3) is 0 Å². The van der Waals surface area contributed by atoms with E-state index in [1.165, 1.54) is 20.3 Å². The summed E-state index contributed by atoms with van der Waals surface area (Å²) in [5.41, 5.74) is 0.0436. The van der Waals surface area contributed by atoms with Gasteiger partial charge in [-0.15, -0.1) is 0 Å². The van der Waals surface area contributed by atoms with Crippen LogP contribution in [0.3, 0.4) is 0 Å². The molecule has 1 N–H and O–H groups in total. The van der Waals surface area contributed by atoms with E-state index in [-0.39, 0.29) is 40.9 Å². The molecule has 0 aromatic rings. The van der Waals surface area contributed by atoms with Gasteiger partial charge in [0.25, 0.3) is 0 Å².